The van der Waals surface area contributed by atoms with Crippen LogP contribution in [0.25, 0.3) is 0 Å². The van der Waals surface area contributed by atoms with E-state index in [-0.39, 0.29) is 41.2 Å². The molecule has 3 aromatic heterocycles. The van der Waals surface area contributed by atoms with Crippen molar-refractivity contribution in [2.75, 3.05) is 39.6 Å². The summed E-state index contributed by atoms with van der Waals surface area (Å²) in [6.07, 6.45) is 39.6. The van der Waals surface area contributed by atoms with Gasteiger partial charge in [0, 0.05) is 66.7 Å². The normalized spacial score (nSPS) is 22.6. The van der Waals surface area contributed by atoms with Crippen molar-refractivity contribution in [3.05, 3.63) is 294 Å². The minimum absolute atomic E-state index is 0.0196. The van der Waals surface area contributed by atoms with E-state index < -0.39 is 23.3 Å². The van der Waals surface area contributed by atoms with Crippen LogP contribution >= 0.6 is 0 Å². The zero-order valence-electron chi connectivity index (χ0n) is 89.5. The number of aromatic nitrogens is 4. The van der Waals surface area contributed by atoms with E-state index in [9.17, 15) is 30.7 Å². The highest BCUT2D eigenvalue weighted by Gasteiger charge is 2.19. The van der Waals surface area contributed by atoms with E-state index in [1.807, 2.05) is 99.1 Å². The molecule has 4 aliphatic carbocycles. The lowest BCUT2D eigenvalue weighted by molar-refractivity contribution is -0.187. The van der Waals surface area contributed by atoms with Crippen LogP contribution in [0, 0.1) is 211 Å². The monoisotopic (exact) mass is 1880 g/mol. The maximum absolute atomic E-state index is 12.6. The number of hydrogen-bond donors (Lipinski definition) is 0. The van der Waals surface area contributed by atoms with E-state index in [4.69, 9.17) is 28.4 Å². The molecule has 4 aliphatic heterocycles. The van der Waals surface area contributed by atoms with E-state index in [1.54, 1.807) is 64.1 Å². The third-order valence-corrected chi connectivity index (χ3v) is 23.7. The quantitative estimate of drug-likeness (QED) is 0.108. The van der Waals surface area contributed by atoms with Gasteiger partial charge in [0.05, 0.1) is 44.3 Å². The van der Waals surface area contributed by atoms with Gasteiger partial charge < -0.3 is 28.4 Å². The summed E-state index contributed by atoms with van der Waals surface area (Å²) < 4.78 is 120. The number of pyridine rings is 2. The molecule has 10 nitrogen and oxygen atoms in total. The number of ether oxygens (including phenoxy) is 6. The second-order valence-corrected chi connectivity index (χ2v) is 39.7. The maximum atomic E-state index is 12.6. The van der Waals surface area contributed by atoms with Crippen LogP contribution in [0.5, 0.6) is 0 Å². The summed E-state index contributed by atoms with van der Waals surface area (Å²) in [5.41, 5.74) is 15.3. The number of hydrogen-bond acceptors (Lipinski definition) is 10. The Morgan fingerprint density at radius 1 is 0.252 bits per heavy atom. The average molecular weight is 1880 g/mol. The molecule has 0 bridgehead atoms. The van der Waals surface area contributed by atoms with Gasteiger partial charge in [-0.25, -0.2) is 40.7 Å². The summed E-state index contributed by atoms with van der Waals surface area (Å²) >= 11 is 0. The number of halogens is 7. The average Bonchev–Trinajstić information content (AvgIpc) is 0.871. The molecule has 0 N–H and O–H groups in total. The molecule has 17 heteroatoms. The fourth-order valence-corrected chi connectivity index (χ4v) is 13.3. The molecule has 0 radical (unpaired) electrons. The molecule has 0 amide bonds. The van der Waals surface area contributed by atoms with Gasteiger partial charge in [0.1, 0.15) is 46.5 Å². The molecule has 4 saturated heterocycles. The highest BCUT2D eigenvalue weighted by atomic mass is 19.2. The van der Waals surface area contributed by atoms with Crippen LogP contribution in [0.2, 0.25) is 0 Å². The Kier molecular flexibility index (Phi) is 66.1. The van der Waals surface area contributed by atoms with Crippen molar-refractivity contribution in [2.24, 2.45) is 59.2 Å². The Hall–Kier alpha value is -8.03. The first-order valence-electron chi connectivity index (χ1n) is 49.7. The van der Waals surface area contributed by atoms with Gasteiger partial charge in [-0.2, -0.15) is 0 Å². The van der Waals surface area contributed by atoms with Gasteiger partial charge in [0.15, 0.2) is 12.6 Å². The first-order valence-corrected chi connectivity index (χ1v) is 49.7. The number of benzene rings is 5. The summed E-state index contributed by atoms with van der Waals surface area (Å²) in [6, 6.07) is 29.7. The second kappa shape index (κ2) is 71.4. The number of allylic oxidation sites excluding steroid dienone is 6. The molecule has 0 spiro atoms. The molecular formula is C118H179F7N4O6. The molecule has 8 aliphatic rings. The van der Waals surface area contributed by atoms with Crippen molar-refractivity contribution in [1.82, 2.24) is 19.9 Å². The smallest absolute Gasteiger partial charge is 0.154 e. The summed E-state index contributed by atoms with van der Waals surface area (Å²) in [4.78, 5) is 15.8. The van der Waals surface area contributed by atoms with Crippen LogP contribution in [0.3, 0.4) is 0 Å². The Morgan fingerprint density at radius 2 is 0.556 bits per heavy atom. The van der Waals surface area contributed by atoms with E-state index in [2.05, 4.69) is 185 Å². The predicted octanol–water partition coefficient (Wildman–Crippen LogP) is 33.6. The molecule has 8 unspecified atom stereocenters. The van der Waals surface area contributed by atoms with Gasteiger partial charge in [-0.3, -0.25) is 9.97 Å². The van der Waals surface area contributed by atoms with Crippen molar-refractivity contribution in [2.45, 2.75) is 349 Å². The zero-order chi connectivity index (χ0) is 102. The van der Waals surface area contributed by atoms with E-state index >= 15 is 0 Å². The molecule has 16 rings (SSSR count). The number of nitrogens with zero attached hydrogens (tertiary/aromatic N) is 4. The van der Waals surface area contributed by atoms with Crippen molar-refractivity contribution < 1.29 is 59.2 Å². The van der Waals surface area contributed by atoms with Crippen LogP contribution < -0.4 is 0 Å². The molecule has 8 aromatic rings. The van der Waals surface area contributed by atoms with Crippen molar-refractivity contribution in [3.63, 3.8) is 0 Å². The molecular weight excluding hydrogens is 1700 g/mol. The largest absolute Gasteiger partial charge is 0.378 e. The molecule has 5 fully saturated rings. The Morgan fingerprint density at radius 3 is 0.800 bits per heavy atom. The summed E-state index contributed by atoms with van der Waals surface area (Å²) in [5.74, 6) is 6.82. The van der Waals surface area contributed by atoms with E-state index in [0.717, 1.165) is 121 Å². The van der Waals surface area contributed by atoms with Gasteiger partial charge in [-0.15, -0.1) is 0 Å². The highest BCUT2D eigenvalue weighted by Crippen LogP contribution is 2.29. The molecule has 1 saturated carbocycles. The Bertz CT molecular complexity index is 3930. The maximum Gasteiger partial charge on any atom is 0.154 e. The molecule has 135 heavy (non-hydrogen) atoms. The van der Waals surface area contributed by atoms with Gasteiger partial charge in [0.2, 0.25) is 0 Å². The topological polar surface area (TPSA) is 107 Å². The fraction of sp³-hybridized carbons (Fsp3) is 0.576. The van der Waals surface area contributed by atoms with Crippen molar-refractivity contribution in [3.8, 4) is 0 Å². The van der Waals surface area contributed by atoms with E-state index in [1.165, 1.54) is 176 Å². The molecule has 8 atom stereocenters. The summed E-state index contributed by atoms with van der Waals surface area (Å²) in [6.45, 7) is 69.5. The standard InChI is InChI=1S/2C8H8F2.2C8H9F.C8H16.3C8H14.C8H10.C7H8FN.C7H9N.2C7H14O.C6H8N2.2C6H12O2/c2*1-5-3-7(9)6(2)8(10)4-5;2*1-6-3-4-7(2)8(9)5-6;5*1-7-3-5-8(2)6-4-7;1-5-3-7(8)6(2)9-4-5;3*1-6-3-4-7(2)8-5-6;3*1-5-3-7-6(2)8-4-5/h2*3-4H,1-2H3;2*3-5H,1-2H3;7-8H,3-6H2,1-2H3;2*3,8H,4-6H2,1-2H3;3,5,7-8H,4,6H2,1-2H3;3-6H,1-2H3;3-4H,1-2H3;3-5H,1-2H3;2*6-7H,3-5H2,1-2H3;3-4H,1-2H3;2*5-6H,3-4H2,1-2H3. The van der Waals surface area contributed by atoms with Gasteiger partial charge in [-0.05, 0) is 375 Å². The minimum Gasteiger partial charge on any atom is -0.378 e. The van der Waals surface area contributed by atoms with Crippen LogP contribution in [0.1, 0.15) is 303 Å². The van der Waals surface area contributed by atoms with Crippen molar-refractivity contribution in [1.29, 1.82) is 0 Å². The predicted molar refractivity (Wildman–Crippen MR) is 554 cm³/mol. The minimum atomic E-state index is -0.475. The number of aryl methyl sites for hydroxylation is 14. The lowest BCUT2D eigenvalue weighted by Crippen LogP contribution is -2.27. The second-order valence-electron chi connectivity index (χ2n) is 39.7. The molecule has 5 aromatic carbocycles. The van der Waals surface area contributed by atoms with Gasteiger partial charge in [-0.1, -0.05) is 196 Å². The van der Waals surface area contributed by atoms with Gasteiger partial charge in [0.25, 0.3) is 0 Å². The summed E-state index contributed by atoms with van der Waals surface area (Å²) in [5, 5.41) is 0. The lowest BCUT2D eigenvalue weighted by Gasteiger charge is -2.24. The van der Waals surface area contributed by atoms with Gasteiger partial charge >= 0.3 is 0 Å². The van der Waals surface area contributed by atoms with Crippen molar-refractivity contribution >= 4 is 0 Å². The first kappa shape index (κ1) is 125. The Balaban J connectivity index is 0.000000720. The van der Waals surface area contributed by atoms with Crippen LogP contribution in [-0.2, 0) is 28.4 Å². The summed E-state index contributed by atoms with van der Waals surface area (Å²) in [7, 11) is 0. The van der Waals surface area contributed by atoms with E-state index in [0.29, 0.717) is 52.0 Å². The number of rotatable bonds is 0. The fourth-order valence-electron chi connectivity index (χ4n) is 13.3. The highest BCUT2D eigenvalue weighted by molar-refractivity contribution is 5.26. The van der Waals surface area contributed by atoms with Crippen LogP contribution in [0.4, 0.5) is 30.7 Å². The Labute approximate surface area is 816 Å². The van der Waals surface area contributed by atoms with Crippen LogP contribution in [0.15, 0.2) is 163 Å². The third-order valence-electron chi connectivity index (χ3n) is 23.7. The zero-order valence-corrected chi connectivity index (χ0v) is 89.5. The lowest BCUT2D eigenvalue weighted by atomic mass is 9.84. The van der Waals surface area contributed by atoms with Crippen LogP contribution in [-0.4, -0.2) is 84.4 Å². The first-order chi connectivity index (χ1) is 63.5. The third kappa shape index (κ3) is 64.7. The SMILES string of the molecule is CC1=CCC(C)CC1.CC1=CCC(C)CC1.CC1C=CC(C)CC1.CC1CCC(C)CC1.CC1CCC(C)OC1.CC1CCC(C)OC1.CC1COC(C)OC1.CC1COC(C)OC1.Cc1cc(F)c(C)c(F)c1.Cc1cc(F)c(C)c(F)c1.Cc1ccc(C)c(F)c1.Cc1ccc(C)c(F)c1.Cc1ccc(C)cc1.Cc1ccc(C)nc1.Cc1cnc(C)c(F)c1.Cc1cnc(C)nc1. The molecule has 756 valence electrons. The molecule has 7 heterocycles.